The van der Waals surface area contributed by atoms with Crippen molar-refractivity contribution in [1.29, 1.82) is 0 Å². The predicted molar refractivity (Wildman–Crippen MR) is 66.8 cm³/mol. The molecule has 0 bridgehead atoms. The van der Waals surface area contributed by atoms with Crippen molar-refractivity contribution in [3.8, 4) is 0 Å². The van der Waals surface area contributed by atoms with Crippen molar-refractivity contribution in [2.75, 3.05) is 11.1 Å². The van der Waals surface area contributed by atoms with Gasteiger partial charge >= 0.3 is 0 Å². The van der Waals surface area contributed by atoms with Crippen molar-refractivity contribution in [2.45, 2.75) is 6.54 Å². The zero-order valence-electron chi connectivity index (χ0n) is 9.11. The molecule has 7 heteroatoms. The standard InChI is InChI=1S/C10H11BrFN5/c1-17-5-15-16-10(17)4-14-9-3-7(12)6(11)2-8(9)13/h2-3,5,14H,4,13H2,1H3. The molecule has 1 aromatic heterocycles. The van der Waals surface area contributed by atoms with E-state index in [0.717, 1.165) is 5.82 Å². The van der Waals surface area contributed by atoms with Crippen molar-refractivity contribution in [1.82, 2.24) is 14.8 Å². The Hall–Kier alpha value is -1.63. The molecular weight excluding hydrogens is 289 g/mol. The molecule has 0 aliphatic rings. The molecule has 5 nitrogen and oxygen atoms in total. The Morgan fingerprint density at radius 3 is 2.94 bits per heavy atom. The van der Waals surface area contributed by atoms with Crippen molar-refractivity contribution in [2.24, 2.45) is 7.05 Å². The highest BCUT2D eigenvalue weighted by atomic mass is 79.9. The van der Waals surface area contributed by atoms with E-state index in [4.69, 9.17) is 5.73 Å². The van der Waals surface area contributed by atoms with Gasteiger partial charge in [-0.25, -0.2) is 4.39 Å². The summed E-state index contributed by atoms with van der Waals surface area (Å²) in [7, 11) is 1.84. The lowest BCUT2D eigenvalue weighted by Crippen LogP contribution is -2.07. The van der Waals surface area contributed by atoms with Crippen LogP contribution in [0, 0.1) is 5.82 Å². The van der Waals surface area contributed by atoms with Gasteiger partial charge in [-0.15, -0.1) is 10.2 Å². The van der Waals surface area contributed by atoms with E-state index in [1.807, 2.05) is 7.05 Å². The molecule has 0 saturated heterocycles. The molecule has 1 heterocycles. The lowest BCUT2D eigenvalue weighted by molar-refractivity contribution is 0.621. The minimum atomic E-state index is -0.361. The van der Waals surface area contributed by atoms with Crippen LogP contribution in [0.15, 0.2) is 22.9 Å². The lowest BCUT2D eigenvalue weighted by Gasteiger charge is -2.09. The van der Waals surface area contributed by atoms with E-state index in [0.29, 0.717) is 22.4 Å². The number of nitrogens with two attached hydrogens (primary N) is 1. The fraction of sp³-hybridized carbons (Fsp3) is 0.200. The van der Waals surface area contributed by atoms with Crippen molar-refractivity contribution in [3.05, 3.63) is 34.6 Å². The summed E-state index contributed by atoms with van der Waals surface area (Å²) in [6.45, 7) is 0.432. The van der Waals surface area contributed by atoms with Crippen LogP contribution in [-0.4, -0.2) is 14.8 Å². The summed E-state index contributed by atoms with van der Waals surface area (Å²) in [6, 6.07) is 2.87. The summed E-state index contributed by atoms with van der Waals surface area (Å²) in [4.78, 5) is 0. The number of benzene rings is 1. The Balaban J connectivity index is 2.14. The van der Waals surface area contributed by atoms with E-state index >= 15 is 0 Å². The third-order valence-corrected chi connectivity index (χ3v) is 2.94. The first-order chi connectivity index (χ1) is 8.08. The molecule has 2 rings (SSSR count). The van der Waals surface area contributed by atoms with E-state index < -0.39 is 0 Å². The van der Waals surface area contributed by atoms with Gasteiger partial charge in [0, 0.05) is 13.1 Å². The SMILES string of the molecule is Cn1cnnc1CNc1cc(F)c(Br)cc1N. The molecule has 2 aromatic rings. The van der Waals surface area contributed by atoms with Gasteiger partial charge in [-0.05, 0) is 22.0 Å². The number of anilines is 2. The molecule has 0 spiro atoms. The number of halogens is 2. The van der Waals surface area contributed by atoms with Gasteiger partial charge in [0.15, 0.2) is 5.82 Å². The third-order valence-electron chi connectivity index (χ3n) is 2.33. The Morgan fingerprint density at radius 2 is 2.29 bits per heavy atom. The summed E-state index contributed by atoms with van der Waals surface area (Å²) < 4.78 is 15.5. The highest BCUT2D eigenvalue weighted by Crippen LogP contribution is 2.26. The Morgan fingerprint density at radius 1 is 1.53 bits per heavy atom. The van der Waals surface area contributed by atoms with E-state index in [1.54, 1.807) is 10.9 Å². The van der Waals surface area contributed by atoms with Crippen molar-refractivity contribution >= 4 is 27.3 Å². The number of nitrogens with one attached hydrogen (secondary N) is 1. The molecule has 90 valence electrons. The number of hydrogen-bond acceptors (Lipinski definition) is 4. The van der Waals surface area contributed by atoms with Gasteiger partial charge in [0.1, 0.15) is 12.1 Å². The molecule has 0 saturated carbocycles. The molecule has 0 atom stereocenters. The van der Waals surface area contributed by atoms with Gasteiger partial charge in [0.25, 0.3) is 0 Å². The number of aryl methyl sites for hydroxylation is 1. The van der Waals surface area contributed by atoms with Gasteiger partial charge < -0.3 is 15.6 Å². The Labute approximate surface area is 106 Å². The largest absolute Gasteiger partial charge is 0.397 e. The van der Waals surface area contributed by atoms with Gasteiger partial charge in [-0.1, -0.05) is 0 Å². The van der Waals surface area contributed by atoms with Crippen LogP contribution < -0.4 is 11.1 Å². The highest BCUT2D eigenvalue weighted by molar-refractivity contribution is 9.10. The zero-order chi connectivity index (χ0) is 12.4. The maximum Gasteiger partial charge on any atom is 0.151 e. The number of hydrogen-bond donors (Lipinski definition) is 2. The van der Waals surface area contributed by atoms with E-state index in [1.165, 1.54) is 12.1 Å². The van der Waals surface area contributed by atoms with Crippen LogP contribution in [0.1, 0.15) is 5.82 Å². The third kappa shape index (κ3) is 2.55. The number of rotatable bonds is 3. The molecule has 0 aliphatic carbocycles. The molecule has 0 radical (unpaired) electrons. The van der Waals surface area contributed by atoms with Crippen LogP contribution in [0.3, 0.4) is 0 Å². The lowest BCUT2D eigenvalue weighted by atomic mass is 10.2. The molecule has 0 fully saturated rings. The summed E-state index contributed by atoms with van der Waals surface area (Å²) >= 11 is 3.07. The zero-order valence-corrected chi connectivity index (χ0v) is 10.7. The first-order valence-corrected chi connectivity index (χ1v) is 5.68. The topological polar surface area (TPSA) is 68.8 Å². The number of nitrogen functional groups attached to an aromatic ring is 1. The minimum Gasteiger partial charge on any atom is -0.397 e. The number of nitrogens with zero attached hydrogens (tertiary/aromatic N) is 3. The summed E-state index contributed by atoms with van der Waals surface area (Å²) in [5.74, 6) is 0.382. The highest BCUT2D eigenvalue weighted by Gasteiger charge is 2.07. The van der Waals surface area contributed by atoms with Crippen LogP contribution in [-0.2, 0) is 13.6 Å². The van der Waals surface area contributed by atoms with E-state index in [9.17, 15) is 4.39 Å². The summed E-state index contributed by atoms with van der Waals surface area (Å²) in [6.07, 6.45) is 1.60. The number of aromatic nitrogens is 3. The molecule has 0 aliphatic heterocycles. The fourth-order valence-electron chi connectivity index (χ4n) is 1.36. The van der Waals surface area contributed by atoms with Crippen LogP contribution in [0.25, 0.3) is 0 Å². The monoisotopic (exact) mass is 299 g/mol. The second-order valence-electron chi connectivity index (χ2n) is 3.57. The maximum atomic E-state index is 13.3. The quantitative estimate of drug-likeness (QED) is 0.850. The molecule has 3 N–H and O–H groups in total. The molecule has 1 aromatic carbocycles. The average molecular weight is 300 g/mol. The second kappa shape index (κ2) is 4.70. The van der Waals surface area contributed by atoms with Gasteiger partial charge in [0.2, 0.25) is 0 Å². The first-order valence-electron chi connectivity index (χ1n) is 4.89. The van der Waals surface area contributed by atoms with E-state index in [2.05, 4.69) is 31.4 Å². The smallest absolute Gasteiger partial charge is 0.151 e. The van der Waals surface area contributed by atoms with Crippen molar-refractivity contribution in [3.63, 3.8) is 0 Å². The molecule has 0 amide bonds. The van der Waals surface area contributed by atoms with Crippen molar-refractivity contribution < 1.29 is 4.39 Å². The normalized spacial score (nSPS) is 10.5. The summed E-state index contributed by atoms with van der Waals surface area (Å²) in [5.41, 5.74) is 6.77. The minimum absolute atomic E-state index is 0.346. The van der Waals surface area contributed by atoms with Crippen LogP contribution in [0.2, 0.25) is 0 Å². The second-order valence-corrected chi connectivity index (χ2v) is 4.42. The van der Waals surface area contributed by atoms with Crippen LogP contribution >= 0.6 is 15.9 Å². The average Bonchev–Trinajstić information content (AvgIpc) is 2.68. The maximum absolute atomic E-state index is 13.3. The van der Waals surface area contributed by atoms with Gasteiger partial charge in [-0.3, -0.25) is 0 Å². The van der Waals surface area contributed by atoms with Crippen LogP contribution in [0.5, 0.6) is 0 Å². The Kier molecular flexibility index (Phi) is 3.28. The first kappa shape index (κ1) is 11.8. The molecule has 0 unspecified atom stereocenters. The van der Waals surface area contributed by atoms with E-state index in [-0.39, 0.29) is 5.82 Å². The molecular formula is C10H11BrFN5. The Bertz CT molecular complexity index is 539. The molecule has 17 heavy (non-hydrogen) atoms. The summed E-state index contributed by atoms with van der Waals surface area (Å²) in [5, 5.41) is 10.7. The van der Waals surface area contributed by atoms with Crippen LogP contribution in [0.4, 0.5) is 15.8 Å². The van der Waals surface area contributed by atoms with Gasteiger partial charge in [0.05, 0.1) is 22.4 Å². The fourth-order valence-corrected chi connectivity index (χ4v) is 1.72. The van der Waals surface area contributed by atoms with Gasteiger partial charge in [-0.2, -0.15) is 0 Å². The predicted octanol–water partition coefficient (Wildman–Crippen LogP) is 1.91.